The number of nitrogens with zero attached hydrogens (tertiary/aromatic N) is 1. The standard InChI is InChI=1S/C16H17BrF2N2/c1-3-10-5-4-8-21-16(10)14(20-2)9-11-13(18)7-6-12(17)15(11)19/h4-8,14,20H,3,9H2,1-2H3. The Bertz CT molecular complexity index is 632. The molecule has 0 aliphatic rings. The number of halogens is 3. The zero-order valence-corrected chi connectivity index (χ0v) is 13.5. The number of nitrogens with one attached hydrogen (secondary N) is 1. The van der Waals surface area contributed by atoms with Gasteiger partial charge in [-0.25, -0.2) is 8.78 Å². The van der Waals surface area contributed by atoms with E-state index in [2.05, 4.69) is 26.2 Å². The van der Waals surface area contributed by atoms with Gasteiger partial charge in [0, 0.05) is 11.8 Å². The minimum atomic E-state index is -0.552. The molecule has 0 aliphatic carbocycles. The van der Waals surface area contributed by atoms with Gasteiger partial charge in [0.2, 0.25) is 0 Å². The van der Waals surface area contributed by atoms with Crippen molar-refractivity contribution in [1.29, 1.82) is 0 Å². The lowest BCUT2D eigenvalue weighted by Gasteiger charge is -2.19. The molecular weight excluding hydrogens is 338 g/mol. The molecule has 1 unspecified atom stereocenters. The van der Waals surface area contributed by atoms with Crippen molar-refractivity contribution in [1.82, 2.24) is 10.3 Å². The van der Waals surface area contributed by atoms with Crippen molar-refractivity contribution in [2.75, 3.05) is 7.05 Å². The van der Waals surface area contributed by atoms with Gasteiger partial charge in [-0.3, -0.25) is 4.98 Å². The number of hydrogen-bond acceptors (Lipinski definition) is 2. The summed E-state index contributed by atoms with van der Waals surface area (Å²) in [6.45, 7) is 2.04. The van der Waals surface area contributed by atoms with Gasteiger partial charge in [-0.15, -0.1) is 0 Å². The number of aromatic nitrogens is 1. The first-order valence-corrected chi connectivity index (χ1v) is 7.61. The maximum atomic E-state index is 14.1. The lowest BCUT2D eigenvalue weighted by molar-refractivity contribution is 0.505. The first-order chi connectivity index (χ1) is 10.1. The van der Waals surface area contributed by atoms with E-state index in [1.807, 2.05) is 19.1 Å². The maximum absolute atomic E-state index is 14.1. The maximum Gasteiger partial charge on any atom is 0.143 e. The van der Waals surface area contributed by atoms with E-state index in [0.29, 0.717) is 0 Å². The van der Waals surface area contributed by atoms with E-state index in [1.54, 1.807) is 13.2 Å². The molecule has 0 aliphatic heterocycles. The van der Waals surface area contributed by atoms with E-state index < -0.39 is 11.6 Å². The number of rotatable bonds is 5. The Labute approximate surface area is 131 Å². The lowest BCUT2D eigenvalue weighted by atomic mass is 9.98. The summed E-state index contributed by atoms with van der Waals surface area (Å²) in [5.74, 6) is -1.09. The molecule has 2 nitrogen and oxygen atoms in total. The molecule has 0 saturated carbocycles. The van der Waals surface area contributed by atoms with Crippen LogP contribution in [0.3, 0.4) is 0 Å². The Kier molecular flexibility index (Phi) is 5.42. The van der Waals surface area contributed by atoms with Crippen LogP contribution < -0.4 is 5.32 Å². The van der Waals surface area contributed by atoms with Crippen molar-refractivity contribution >= 4 is 15.9 Å². The van der Waals surface area contributed by atoms with Crippen LogP contribution in [0.5, 0.6) is 0 Å². The molecule has 0 bridgehead atoms. The van der Waals surface area contributed by atoms with Crippen LogP contribution >= 0.6 is 15.9 Å². The van der Waals surface area contributed by atoms with Gasteiger partial charge in [-0.1, -0.05) is 13.0 Å². The fraction of sp³-hybridized carbons (Fsp3) is 0.312. The van der Waals surface area contributed by atoms with Crippen molar-refractivity contribution in [3.05, 3.63) is 63.4 Å². The average molecular weight is 355 g/mol. The molecule has 0 saturated heterocycles. The molecule has 2 aromatic rings. The summed E-state index contributed by atoms with van der Waals surface area (Å²) in [7, 11) is 1.77. The summed E-state index contributed by atoms with van der Waals surface area (Å²) in [5.41, 5.74) is 1.98. The van der Waals surface area contributed by atoms with Crippen LogP contribution in [0, 0.1) is 11.6 Å². The largest absolute Gasteiger partial charge is 0.311 e. The highest BCUT2D eigenvalue weighted by Gasteiger charge is 2.20. The fourth-order valence-electron chi connectivity index (χ4n) is 2.36. The normalized spacial score (nSPS) is 12.4. The predicted octanol–water partition coefficient (Wildman–Crippen LogP) is 4.19. The molecule has 1 heterocycles. The Morgan fingerprint density at radius 2 is 2.05 bits per heavy atom. The molecule has 1 aromatic heterocycles. The van der Waals surface area contributed by atoms with E-state index in [9.17, 15) is 8.78 Å². The van der Waals surface area contributed by atoms with Crippen LogP contribution in [-0.4, -0.2) is 12.0 Å². The predicted molar refractivity (Wildman–Crippen MR) is 83.2 cm³/mol. The third-order valence-electron chi connectivity index (χ3n) is 3.53. The zero-order valence-electron chi connectivity index (χ0n) is 12.0. The Hall–Kier alpha value is -1.33. The second-order valence-corrected chi connectivity index (χ2v) is 5.62. The van der Waals surface area contributed by atoms with Gasteiger partial charge < -0.3 is 5.32 Å². The molecule has 112 valence electrons. The summed E-state index contributed by atoms with van der Waals surface area (Å²) in [4.78, 5) is 4.38. The average Bonchev–Trinajstić information content (AvgIpc) is 2.51. The summed E-state index contributed by atoms with van der Waals surface area (Å²) < 4.78 is 28.3. The molecule has 21 heavy (non-hydrogen) atoms. The molecule has 1 N–H and O–H groups in total. The number of aryl methyl sites for hydroxylation is 1. The lowest BCUT2D eigenvalue weighted by Crippen LogP contribution is -2.22. The molecule has 1 atom stereocenters. The number of hydrogen-bond donors (Lipinski definition) is 1. The Morgan fingerprint density at radius 3 is 2.71 bits per heavy atom. The van der Waals surface area contributed by atoms with Gasteiger partial charge in [0.25, 0.3) is 0 Å². The van der Waals surface area contributed by atoms with Crippen molar-refractivity contribution in [2.24, 2.45) is 0 Å². The van der Waals surface area contributed by atoms with Crippen LogP contribution in [0.2, 0.25) is 0 Å². The Balaban J connectivity index is 2.38. The van der Waals surface area contributed by atoms with Crippen LogP contribution in [0.15, 0.2) is 34.9 Å². The third-order valence-corrected chi connectivity index (χ3v) is 4.15. The molecule has 2 rings (SSSR count). The van der Waals surface area contributed by atoms with Gasteiger partial charge in [0.1, 0.15) is 11.6 Å². The van der Waals surface area contributed by atoms with E-state index in [0.717, 1.165) is 17.7 Å². The van der Waals surface area contributed by atoms with Gasteiger partial charge in [-0.05, 0) is 59.6 Å². The first-order valence-electron chi connectivity index (χ1n) is 6.81. The van der Waals surface area contributed by atoms with Crippen molar-refractivity contribution < 1.29 is 8.78 Å². The highest BCUT2D eigenvalue weighted by Crippen LogP contribution is 2.27. The van der Waals surface area contributed by atoms with E-state index in [1.165, 1.54) is 12.1 Å². The van der Waals surface area contributed by atoms with Gasteiger partial charge >= 0.3 is 0 Å². The summed E-state index contributed by atoms with van der Waals surface area (Å²) >= 11 is 3.10. The van der Waals surface area contributed by atoms with Crippen LogP contribution in [0.25, 0.3) is 0 Å². The SMILES string of the molecule is CCc1cccnc1C(Cc1c(F)ccc(Br)c1F)NC. The van der Waals surface area contributed by atoms with Crippen molar-refractivity contribution in [2.45, 2.75) is 25.8 Å². The van der Waals surface area contributed by atoms with E-state index >= 15 is 0 Å². The van der Waals surface area contributed by atoms with Gasteiger partial charge in [0.05, 0.1) is 16.2 Å². The minimum Gasteiger partial charge on any atom is -0.311 e. The van der Waals surface area contributed by atoms with Crippen molar-refractivity contribution in [3.8, 4) is 0 Å². The van der Waals surface area contributed by atoms with Gasteiger partial charge in [-0.2, -0.15) is 0 Å². The molecule has 0 radical (unpaired) electrons. The highest BCUT2D eigenvalue weighted by atomic mass is 79.9. The molecule has 0 spiro atoms. The molecule has 1 aromatic carbocycles. The quantitative estimate of drug-likeness (QED) is 0.814. The van der Waals surface area contributed by atoms with Crippen LogP contribution in [0.4, 0.5) is 8.78 Å². The zero-order chi connectivity index (χ0) is 15.4. The smallest absolute Gasteiger partial charge is 0.143 e. The number of pyridine rings is 1. The van der Waals surface area contributed by atoms with E-state index in [-0.39, 0.29) is 22.5 Å². The summed E-state index contributed by atoms with van der Waals surface area (Å²) in [6, 6.07) is 6.27. The highest BCUT2D eigenvalue weighted by molar-refractivity contribution is 9.10. The van der Waals surface area contributed by atoms with Crippen molar-refractivity contribution in [3.63, 3.8) is 0 Å². The molecular formula is C16H17BrF2N2. The minimum absolute atomic E-state index is 0.0661. The molecule has 5 heteroatoms. The van der Waals surface area contributed by atoms with Gasteiger partial charge in [0.15, 0.2) is 0 Å². The number of benzene rings is 1. The van der Waals surface area contributed by atoms with Crippen LogP contribution in [0.1, 0.15) is 29.8 Å². The molecule has 0 fully saturated rings. The fourth-order valence-corrected chi connectivity index (χ4v) is 2.73. The number of likely N-dealkylation sites (N-methyl/N-ethyl adjacent to an activating group) is 1. The second kappa shape index (κ2) is 7.09. The topological polar surface area (TPSA) is 24.9 Å². The summed E-state index contributed by atoms with van der Waals surface area (Å²) in [5, 5.41) is 3.10. The molecule has 0 amide bonds. The first kappa shape index (κ1) is 16.0. The van der Waals surface area contributed by atoms with Crippen LogP contribution in [-0.2, 0) is 12.8 Å². The monoisotopic (exact) mass is 354 g/mol. The third kappa shape index (κ3) is 3.47. The second-order valence-electron chi connectivity index (χ2n) is 4.77. The summed E-state index contributed by atoms with van der Waals surface area (Å²) in [6.07, 6.45) is 2.73. The van der Waals surface area contributed by atoms with E-state index in [4.69, 9.17) is 0 Å². The Morgan fingerprint density at radius 1 is 1.29 bits per heavy atom.